The van der Waals surface area contributed by atoms with Gasteiger partial charge in [0, 0.05) is 16.1 Å². The molecule has 1 amide bonds. The fraction of sp³-hybridized carbons (Fsp3) is 0.0952. The minimum Gasteiger partial charge on any atom is -0.467 e. The number of aromatic nitrogens is 3. The minimum absolute atomic E-state index is 0.0813. The lowest BCUT2D eigenvalue weighted by Gasteiger charge is -2.11. The Morgan fingerprint density at radius 1 is 1.19 bits per heavy atom. The van der Waals surface area contributed by atoms with Gasteiger partial charge in [0.15, 0.2) is 16.8 Å². The van der Waals surface area contributed by atoms with Crippen LogP contribution in [0.5, 0.6) is 0 Å². The van der Waals surface area contributed by atoms with Gasteiger partial charge in [-0.1, -0.05) is 35.5 Å². The molecule has 1 N–H and O–H groups in total. The lowest BCUT2D eigenvalue weighted by molar-refractivity contribution is -0.113. The van der Waals surface area contributed by atoms with Crippen molar-refractivity contribution in [1.29, 1.82) is 0 Å². The molecule has 0 aliphatic rings. The summed E-state index contributed by atoms with van der Waals surface area (Å²) in [5, 5.41) is 11.9. The molecule has 0 atom stereocenters. The number of amides is 1. The first-order chi connectivity index (χ1) is 15.4. The lowest BCUT2D eigenvalue weighted by atomic mass is 10.2. The molecule has 0 saturated heterocycles. The van der Waals surface area contributed by atoms with Crippen LogP contribution in [0.2, 0.25) is 5.02 Å². The number of nitrogens with zero attached hydrogens (tertiary/aromatic N) is 3. The summed E-state index contributed by atoms with van der Waals surface area (Å²) in [6, 6.07) is 12.6. The number of thioether (sulfide) groups is 1. The summed E-state index contributed by atoms with van der Waals surface area (Å²) in [5.74, 6) is -1.02. The molecule has 4 rings (SSSR count). The summed E-state index contributed by atoms with van der Waals surface area (Å²) in [7, 11) is 0. The van der Waals surface area contributed by atoms with Crippen molar-refractivity contribution in [3.05, 3.63) is 81.7 Å². The highest BCUT2D eigenvalue weighted by molar-refractivity contribution is 9.10. The van der Waals surface area contributed by atoms with Gasteiger partial charge in [0.25, 0.3) is 0 Å². The van der Waals surface area contributed by atoms with Crippen molar-refractivity contribution in [3.8, 4) is 11.4 Å². The van der Waals surface area contributed by atoms with Crippen LogP contribution in [-0.4, -0.2) is 26.4 Å². The van der Waals surface area contributed by atoms with Crippen molar-refractivity contribution in [2.24, 2.45) is 0 Å². The maximum atomic E-state index is 14.0. The third-order valence-corrected chi connectivity index (χ3v) is 6.25. The van der Waals surface area contributed by atoms with Crippen LogP contribution >= 0.6 is 39.3 Å². The van der Waals surface area contributed by atoms with E-state index in [0.717, 1.165) is 17.8 Å². The number of hydrogen-bond acceptors (Lipinski definition) is 5. The Labute approximate surface area is 199 Å². The molecule has 0 fully saturated rings. The zero-order chi connectivity index (χ0) is 22.7. The molecule has 0 radical (unpaired) electrons. The number of rotatable bonds is 7. The Balaban J connectivity index is 1.56. The first kappa shape index (κ1) is 22.5. The smallest absolute Gasteiger partial charge is 0.234 e. The van der Waals surface area contributed by atoms with Crippen molar-refractivity contribution < 1.29 is 18.0 Å². The Bertz CT molecular complexity index is 1240. The van der Waals surface area contributed by atoms with E-state index in [9.17, 15) is 13.6 Å². The molecule has 2 heterocycles. The Hall–Kier alpha value is -2.69. The molecule has 0 spiro atoms. The van der Waals surface area contributed by atoms with Crippen LogP contribution in [0, 0.1) is 11.6 Å². The summed E-state index contributed by atoms with van der Waals surface area (Å²) in [4.78, 5) is 12.4. The van der Waals surface area contributed by atoms with E-state index >= 15 is 0 Å². The topological polar surface area (TPSA) is 73.0 Å². The zero-order valence-corrected chi connectivity index (χ0v) is 19.3. The highest BCUT2D eigenvalue weighted by Crippen LogP contribution is 2.31. The maximum Gasteiger partial charge on any atom is 0.234 e. The number of hydrogen-bond donors (Lipinski definition) is 1. The van der Waals surface area contributed by atoms with Gasteiger partial charge in [0.1, 0.15) is 11.6 Å². The van der Waals surface area contributed by atoms with Gasteiger partial charge in [0.05, 0.1) is 29.3 Å². The van der Waals surface area contributed by atoms with Crippen molar-refractivity contribution in [2.75, 3.05) is 11.1 Å². The van der Waals surface area contributed by atoms with Crippen LogP contribution in [0.4, 0.5) is 14.5 Å². The van der Waals surface area contributed by atoms with Crippen LogP contribution in [0.1, 0.15) is 5.76 Å². The van der Waals surface area contributed by atoms with Gasteiger partial charge in [-0.15, -0.1) is 10.2 Å². The molecule has 0 bridgehead atoms. The van der Waals surface area contributed by atoms with E-state index in [0.29, 0.717) is 39.9 Å². The molecule has 164 valence electrons. The van der Waals surface area contributed by atoms with Crippen molar-refractivity contribution in [2.45, 2.75) is 11.7 Å². The summed E-state index contributed by atoms with van der Waals surface area (Å²) in [6.45, 7) is 0.322. The molecule has 0 saturated carbocycles. The second-order valence-electron chi connectivity index (χ2n) is 6.53. The van der Waals surface area contributed by atoms with E-state index in [1.165, 1.54) is 0 Å². The number of carbonyl (C=O) groups excluding carboxylic acids is 1. The molecule has 0 unspecified atom stereocenters. The Morgan fingerprint density at radius 3 is 2.72 bits per heavy atom. The van der Waals surface area contributed by atoms with Crippen LogP contribution in [0.3, 0.4) is 0 Å². The molecule has 2 aromatic carbocycles. The number of carbonyl (C=O) groups is 1. The fourth-order valence-corrected chi connectivity index (χ4v) is 4.37. The molecule has 4 aromatic rings. The van der Waals surface area contributed by atoms with Crippen LogP contribution in [0.25, 0.3) is 11.4 Å². The SMILES string of the molecule is O=C(CSc1nnc(-c2ccccc2Cl)n1Cc1ccco1)Nc1c(F)cc(F)cc1Br. The molecular weight excluding hydrogens is 526 g/mol. The molecular formula is C21H14BrClF2N4O2S. The van der Waals surface area contributed by atoms with Gasteiger partial charge in [-0.2, -0.15) is 0 Å². The summed E-state index contributed by atoms with van der Waals surface area (Å²) < 4.78 is 34.6. The fourth-order valence-electron chi connectivity index (χ4n) is 2.91. The number of halogens is 4. The molecule has 6 nitrogen and oxygen atoms in total. The molecule has 0 aliphatic carbocycles. The Morgan fingerprint density at radius 2 is 2.00 bits per heavy atom. The normalized spacial score (nSPS) is 11.0. The quantitative estimate of drug-likeness (QED) is 0.291. The lowest BCUT2D eigenvalue weighted by Crippen LogP contribution is -2.16. The zero-order valence-electron chi connectivity index (χ0n) is 16.2. The molecule has 2 aromatic heterocycles. The minimum atomic E-state index is -0.878. The van der Waals surface area contributed by atoms with Crippen LogP contribution in [-0.2, 0) is 11.3 Å². The van der Waals surface area contributed by atoms with Gasteiger partial charge in [-0.05, 0) is 46.3 Å². The number of benzene rings is 2. The summed E-state index contributed by atoms with van der Waals surface area (Å²) >= 11 is 10.5. The van der Waals surface area contributed by atoms with E-state index in [-0.39, 0.29) is 15.9 Å². The highest BCUT2D eigenvalue weighted by Gasteiger charge is 2.19. The molecule has 11 heteroatoms. The number of nitrogens with one attached hydrogen (secondary N) is 1. The van der Waals surface area contributed by atoms with Crippen molar-refractivity contribution in [3.63, 3.8) is 0 Å². The van der Waals surface area contributed by atoms with Gasteiger partial charge >= 0.3 is 0 Å². The molecule has 32 heavy (non-hydrogen) atoms. The summed E-state index contributed by atoms with van der Waals surface area (Å²) in [5.41, 5.74) is 0.549. The molecule has 0 aliphatic heterocycles. The van der Waals surface area contributed by atoms with Gasteiger partial charge < -0.3 is 9.73 Å². The highest BCUT2D eigenvalue weighted by atomic mass is 79.9. The van der Waals surface area contributed by atoms with E-state index in [2.05, 4.69) is 31.4 Å². The first-order valence-electron chi connectivity index (χ1n) is 9.20. The maximum absolute atomic E-state index is 14.0. The van der Waals surface area contributed by atoms with Crippen LogP contribution < -0.4 is 5.32 Å². The first-order valence-corrected chi connectivity index (χ1v) is 11.4. The van der Waals surface area contributed by atoms with Gasteiger partial charge in [-0.25, -0.2) is 8.78 Å². The van der Waals surface area contributed by atoms with Gasteiger partial charge in [0.2, 0.25) is 5.91 Å². The van der Waals surface area contributed by atoms with Crippen molar-refractivity contribution >= 4 is 50.9 Å². The third-order valence-electron chi connectivity index (χ3n) is 4.33. The van der Waals surface area contributed by atoms with E-state index in [1.54, 1.807) is 23.0 Å². The second kappa shape index (κ2) is 9.85. The largest absolute Gasteiger partial charge is 0.467 e. The predicted molar refractivity (Wildman–Crippen MR) is 122 cm³/mol. The standard InChI is InChI=1S/C21H14BrClF2N4O2S/c22-15-8-12(24)9-17(25)19(15)26-18(30)11-32-21-28-27-20(14-5-1-2-6-16(14)23)29(21)10-13-4-3-7-31-13/h1-9H,10-11H2,(H,26,30). The van der Waals surface area contributed by atoms with Crippen molar-refractivity contribution in [1.82, 2.24) is 14.8 Å². The van der Waals surface area contributed by atoms with Gasteiger partial charge in [-0.3, -0.25) is 9.36 Å². The van der Waals surface area contributed by atoms with E-state index < -0.39 is 17.5 Å². The summed E-state index contributed by atoms with van der Waals surface area (Å²) in [6.07, 6.45) is 1.56. The number of anilines is 1. The second-order valence-corrected chi connectivity index (χ2v) is 8.74. The average Bonchev–Trinajstić information content (AvgIpc) is 3.40. The van der Waals surface area contributed by atoms with Crippen LogP contribution in [0.15, 0.2) is 68.8 Å². The average molecular weight is 540 g/mol. The van der Waals surface area contributed by atoms with E-state index in [1.807, 2.05) is 24.3 Å². The third kappa shape index (κ3) is 5.03. The number of furan rings is 1. The predicted octanol–water partition coefficient (Wildman–Crippen LogP) is 6.01. The monoisotopic (exact) mass is 538 g/mol. The van der Waals surface area contributed by atoms with E-state index in [4.69, 9.17) is 16.0 Å². The Kier molecular flexibility index (Phi) is 6.92.